The van der Waals surface area contributed by atoms with Gasteiger partial charge in [-0.1, -0.05) is 26.8 Å². The number of hydrogen-bond acceptors (Lipinski definition) is 5. The van der Waals surface area contributed by atoms with Gasteiger partial charge in [-0.15, -0.1) is 0 Å². The Kier molecular flexibility index (Phi) is 9.06. The molecule has 1 aromatic heterocycles. The van der Waals surface area contributed by atoms with Gasteiger partial charge in [-0.25, -0.2) is 8.78 Å². The summed E-state index contributed by atoms with van der Waals surface area (Å²) in [4.78, 5) is 43.5. The molecule has 4 N–H and O–H groups in total. The van der Waals surface area contributed by atoms with Gasteiger partial charge in [-0.3, -0.25) is 19.4 Å². The van der Waals surface area contributed by atoms with Crippen LogP contribution in [0.1, 0.15) is 45.6 Å². The fourth-order valence-corrected chi connectivity index (χ4v) is 3.53. The molecule has 3 atom stereocenters. The van der Waals surface area contributed by atoms with Crippen LogP contribution < -0.4 is 16.4 Å². The van der Waals surface area contributed by atoms with E-state index >= 15 is 0 Å². The highest BCUT2D eigenvalue weighted by molar-refractivity contribution is 5.93. The first-order valence-electron chi connectivity index (χ1n) is 10.8. The number of likely N-dealkylation sites (tertiary alicyclic amines) is 1. The van der Waals surface area contributed by atoms with E-state index in [1.807, 2.05) is 26.8 Å². The molecule has 1 fully saturated rings. The molecular formula is C22H33F2N5O3. The van der Waals surface area contributed by atoms with Gasteiger partial charge in [0, 0.05) is 31.9 Å². The number of rotatable bonds is 9. The third-order valence-electron chi connectivity index (χ3n) is 5.52. The first-order valence-corrected chi connectivity index (χ1v) is 10.8. The molecule has 0 radical (unpaired) electrons. The summed E-state index contributed by atoms with van der Waals surface area (Å²) >= 11 is 0. The molecule has 10 heteroatoms. The molecule has 0 spiro atoms. The van der Waals surface area contributed by atoms with E-state index in [1.54, 1.807) is 18.5 Å². The number of nitrogens with two attached hydrogens (primary N) is 1. The molecule has 178 valence electrons. The molecule has 0 aromatic carbocycles. The maximum absolute atomic E-state index is 13.1. The molecule has 2 rings (SSSR count). The minimum atomic E-state index is -2.78. The van der Waals surface area contributed by atoms with Crippen molar-refractivity contribution in [1.82, 2.24) is 20.5 Å². The third-order valence-corrected chi connectivity index (χ3v) is 5.52. The van der Waals surface area contributed by atoms with Crippen LogP contribution in [0, 0.1) is 5.41 Å². The molecule has 2 heterocycles. The van der Waals surface area contributed by atoms with Gasteiger partial charge in [0.15, 0.2) is 0 Å². The molecule has 0 unspecified atom stereocenters. The zero-order valence-electron chi connectivity index (χ0n) is 18.8. The molecule has 0 saturated carbocycles. The van der Waals surface area contributed by atoms with Crippen LogP contribution in [0.15, 0.2) is 24.5 Å². The molecule has 0 aliphatic carbocycles. The lowest BCUT2D eigenvalue weighted by Gasteiger charge is -2.33. The number of halogens is 2. The number of carbonyl (C=O) groups excluding carboxylic acids is 3. The zero-order chi connectivity index (χ0) is 23.9. The van der Waals surface area contributed by atoms with E-state index in [9.17, 15) is 23.2 Å². The summed E-state index contributed by atoms with van der Waals surface area (Å²) in [5.74, 6) is -1.67. The molecule has 1 saturated heterocycles. The molecule has 8 nitrogen and oxygen atoms in total. The van der Waals surface area contributed by atoms with Crippen molar-refractivity contribution in [3.8, 4) is 0 Å². The highest BCUT2D eigenvalue weighted by Crippen LogP contribution is 2.24. The van der Waals surface area contributed by atoms with E-state index in [1.165, 1.54) is 4.90 Å². The van der Waals surface area contributed by atoms with Crippen LogP contribution >= 0.6 is 0 Å². The Labute approximate surface area is 187 Å². The molecular weight excluding hydrogens is 420 g/mol. The van der Waals surface area contributed by atoms with Crippen LogP contribution in [0.5, 0.6) is 0 Å². The van der Waals surface area contributed by atoms with E-state index in [0.29, 0.717) is 25.8 Å². The van der Waals surface area contributed by atoms with E-state index in [0.717, 1.165) is 5.56 Å². The summed E-state index contributed by atoms with van der Waals surface area (Å²) in [6.45, 7) is 6.06. The topological polar surface area (TPSA) is 117 Å². The fourth-order valence-electron chi connectivity index (χ4n) is 3.53. The first kappa shape index (κ1) is 25.6. The first-order chi connectivity index (χ1) is 15.0. The Morgan fingerprint density at radius 2 is 2.03 bits per heavy atom. The molecule has 32 heavy (non-hydrogen) atoms. The number of nitrogens with zero attached hydrogens (tertiary/aromatic N) is 2. The lowest BCUT2D eigenvalue weighted by Crippen LogP contribution is -2.57. The number of nitrogens with one attached hydrogen (secondary N) is 2. The lowest BCUT2D eigenvalue weighted by atomic mass is 9.86. The van der Waals surface area contributed by atoms with Gasteiger partial charge in [0.2, 0.25) is 24.1 Å². The van der Waals surface area contributed by atoms with E-state index < -0.39 is 48.2 Å². The minimum absolute atomic E-state index is 0.217. The fraction of sp³-hybridized carbons (Fsp3) is 0.636. The average Bonchev–Trinajstić information content (AvgIpc) is 3.22. The van der Waals surface area contributed by atoms with Crippen molar-refractivity contribution in [3.63, 3.8) is 0 Å². The van der Waals surface area contributed by atoms with Crippen LogP contribution in [0.3, 0.4) is 0 Å². The van der Waals surface area contributed by atoms with Crippen molar-refractivity contribution in [3.05, 3.63) is 30.1 Å². The zero-order valence-corrected chi connectivity index (χ0v) is 18.8. The van der Waals surface area contributed by atoms with Gasteiger partial charge < -0.3 is 21.3 Å². The summed E-state index contributed by atoms with van der Waals surface area (Å²) in [5, 5.41) is 5.01. The quantitative estimate of drug-likeness (QED) is 0.520. The van der Waals surface area contributed by atoms with Crippen molar-refractivity contribution >= 4 is 17.7 Å². The Morgan fingerprint density at radius 3 is 2.62 bits per heavy atom. The number of aromatic nitrogens is 1. The standard InChI is InChI=1S/C22H33F2N5O3/c1-22(2,3)18(25)21(32)29-11-5-7-16(29)20(31)28-15(12-17(23)24)19(30)27-10-8-14-6-4-9-26-13-14/h4,6,9,13,15-18H,5,7-8,10-12,25H2,1-3H3,(H,27,30)(H,28,31)/t15-,16-,18+/m0/s1. The molecule has 1 aromatic rings. The van der Waals surface area contributed by atoms with Crippen molar-refractivity contribution in [2.45, 2.75) is 71.0 Å². The van der Waals surface area contributed by atoms with Crippen molar-refractivity contribution in [2.75, 3.05) is 13.1 Å². The Hall–Kier alpha value is -2.62. The number of amides is 3. The third kappa shape index (κ3) is 7.22. The number of hydrogen-bond donors (Lipinski definition) is 3. The Morgan fingerprint density at radius 1 is 1.31 bits per heavy atom. The highest BCUT2D eigenvalue weighted by Gasteiger charge is 2.40. The second kappa shape index (κ2) is 11.3. The Balaban J connectivity index is 1.99. The molecule has 3 amide bonds. The smallest absolute Gasteiger partial charge is 0.243 e. The average molecular weight is 454 g/mol. The predicted octanol–water partition coefficient (Wildman–Crippen LogP) is 1.24. The highest BCUT2D eigenvalue weighted by atomic mass is 19.3. The van der Waals surface area contributed by atoms with E-state index in [4.69, 9.17) is 5.73 Å². The van der Waals surface area contributed by atoms with Crippen LogP contribution in [-0.2, 0) is 20.8 Å². The number of carbonyl (C=O) groups is 3. The van der Waals surface area contributed by atoms with Crippen LogP contribution in [-0.4, -0.2) is 65.2 Å². The normalized spacial score (nSPS) is 18.3. The van der Waals surface area contributed by atoms with Crippen molar-refractivity contribution in [2.24, 2.45) is 11.1 Å². The monoisotopic (exact) mass is 453 g/mol. The maximum Gasteiger partial charge on any atom is 0.243 e. The van der Waals surface area contributed by atoms with Crippen molar-refractivity contribution < 1.29 is 23.2 Å². The second-order valence-corrected chi connectivity index (χ2v) is 9.12. The lowest BCUT2D eigenvalue weighted by molar-refractivity contribution is -0.142. The minimum Gasteiger partial charge on any atom is -0.354 e. The van der Waals surface area contributed by atoms with Gasteiger partial charge in [-0.2, -0.15) is 0 Å². The van der Waals surface area contributed by atoms with E-state index in [-0.39, 0.29) is 12.5 Å². The second-order valence-electron chi connectivity index (χ2n) is 9.12. The molecule has 0 bridgehead atoms. The summed E-state index contributed by atoms with van der Waals surface area (Å²) < 4.78 is 26.2. The van der Waals surface area contributed by atoms with Gasteiger partial charge in [0.1, 0.15) is 12.1 Å². The molecule has 1 aliphatic rings. The number of alkyl halides is 2. The van der Waals surface area contributed by atoms with E-state index in [2.05, 4.69) is 15.6 Å². The predicted molar refractivity (Wildman–Crippen MR) is 116 cm³/mol. The molecule has 1 aliphatic heterocycles. The van der Waals surface area contributed by atoms with Crippen LogP contribution in [0.25, 0.3) is 0 Å². The SMILES string of the molecule is CC(C)(C)[C@H](N)C(=O)N1CCC[C@H]1C(=O)N[C@@H](CC(F)F)C(=O)NCCc1cccnc1. The van der Waals surface area contributed by atoms with Crippen molar-refractivity contribution in [1.29, 1.82) is 0 Å². The van der Waals surface area contributed by atoms with Gasteiger partial charge in [0.05, 0.1) is 6.04 Å². The summed E-state index contributed by atoms with van der Waals surface area (Å²) in [5.41, 5.74) is 6.46. The Bertz CT molecular complexity index is 786. The summed E-state index contributed by atoms with van der Waals surface area (Å²) in [7, 11) is 0. The van der Waals surface area contributed by atoms with Gasteiger partial charge >= 0.3 is 0 Å². The van der Waals surface area contributed by atoms with Gasteiger partial charge in [0.25, 0.3) is 0 Å². The van der Waals surface area contributed by atoms with Crippen LogP contribution in [0.2, 0.25) is 0 Å². The maximum atomic E-state index is 13.1. The van der Waals surface area contributed by atoms with Gasteiger partial charge in [-0.05, 0) is 36.3 Å². The summed E-state index contributed by atoms with van der Waals surface area (Å²) in [6, 6.07) is 0.566. The summed E-state index contributed by atoms with van der Waals surface area (Å²) in [6.07, 6.45) is 1.15. The van der Waals surface area contributed by atoms with Crippen LogP contribution in [0.4, 0.5) is 8.78 Å². The largest absolute Gasteiger partial charge is 0.354 e. The number of pyridine rings is 1.